The number of esters is 1. The first-order valence-electron chi connectivity index (χ1n) is 6.17. The number of hydrogen-bond acceptors (Lipinski definition) is 4. The SMILES string of the molecule is COC(=O)CC1(CSc2ccc(CO)cc2Cl)CC1. The van der Waals surface area contributed by atoms with E-state index in [2.05, 4.69) is 0 Å². The molecule has 0 radical (unpaired) electrons. The summed E-state index contributed by atoms with van der Waals surface area (Å²) in [4.78, 5) is 12.3. The van der Waals surface area contributed by atoms with Crippen molar-refractivity contribution in [3.8, 4) is 0 Å². The number of aliphatic hydroxyl groups is 1. The number of methoxy groups -OCH3 is 1. The second-order valence-electron chi connectivity index (χ2n) is 4.96. The van der Waals surface area contributed by atoms with E-state index in [1.54, 1.807) is 17.8 Å². The Morgan fingerprint density at radius 3 is 2.79 bits per heavy atom. The molecule has 19 heavy (non-hydrogen) atoms. The monoisotopic (exact) mass is 300 g/mol. The molecule has 0 aromatic heterocycles. The fourth-order valence-corrected chi connectivity index (χ4v) is 3.50. The average Bonchev–Trinajstić information content (AvgIpc) is 3.17. The minimum Gasteiger partial charge on any atom is -0.469 e. The van der Waals surface area contributed by atoms with Crippen molar-refractivity contribution in [1.29, 1.82) is 0 Å². The molecule has 0 unspecified atom stereocenters. The van der Waals surface area contributed by atoms with Gasteiger partial charge in [0.25, 0.3) is 0 Å². The Morgan fingerprint density at radius 1 is 1.53 bits per heavy atom. The minimum absolute atomic E-state index is 0.00303. The molecule has 1 aliphatic rings. The smallest absolute Gasteiger partial charge is 0.306 e. The van der Waals surface area contributed by atoms with Crippen LogP contribution < -0.4 is 0 Å². The first kappa shape index (κ1) is 14.7. The van der Waals surface area contributed by atoms with Crippen molar-refractivity contribution >= 4 is 29.3 Å². The van der Waals surface area contributed by atoms with Gasteiger partial charge in [-0.1, -0.05) is 17.7 Å². The molecule has 1 aliphatic carbocycles. The predicted molar refractivity (Wildman–Crippen MR) is 76.4 cm³/mol. The molecular weight excluding hydrogens is 284 g/mol. The summed E-state index contributed by atoms with van der Waals surface area (Å²) in [6.07, 6.45) is 2.63. The minimum atomic E-state index is -0.139. The lowest BCUT2D eigenvalue weighted by molar-refractivity contribution is -0.141. The number of benzene rings is 1. The molecule has 1 aromatic rings. The molecule has 0 aliphatic heterocycles. The molecule has 1 saturated carbocycles. The van der Waals surface area contributed by atoms with Crippen LogP contribution in [0.4, 0.5) is 0 Å². The molecule has 2 rings (SSSR count). The van der Waals surface area contributed by atoms with Gasteiger partial charge in [0.2, 0.25) is 0 Å². The lowest BCUT2D eigenvalue weighted by atomic mass is 10.1. The largest absolute Gasteiger partial charge is 0.469 e. The second kappa shape index (κ2) is 6.16. The van der Waals surface area contributed by atoms with Crippen LogP contribution in [0.2, 0.25) is 5.02 Å². The van der Waals surface area contributed by atoms with Crippen LogP contribution in [-0.2, 0) is 16.1 Å². The van der Waals surface area contributed by atoms with Crippen LogP contribution >= 0.6 is 23.4 Å². The van der Waals surface area contributed by atoms with Crippen LogP contribution in [0.25, 0.3) is 0 Å². The van der Waals surface area contributed by atoms with E-state index in [4.69, 9.17) is 21.4 Å². The number of aliphatic hydroxyl groups excluding tert-OH is 1. The summed E-state index contributed by atoms with van der Waals surface area (Å²) in [7, 11) is 1.43. The Bertz CT molecular complexity index is 472. The number of carbonyl (C=O) groups excluding carboxylic acids is 1. The van der Waals surface area contributed by atoms with Gasteiger partial charge in [-0.25, -0.2) is 0 Å². The van der Waals surface area contributed by atoms with Gasteiger partial charge >= 0.3 is 5.97 Å². The molecule has 3 nitrogen and oxygen atoms in total. The van der Waals surface area contributed by atoms with Crippen molar-refractivity contribution in [2.75, 3.05) is 12.9 Å². The highest BCUT2D eigenvalue weighted by Crippen LogP contribution is 2.52. The van der Waals surface area contributed by atoms with Gasteiger partial charge in [-0.05, 0) is 36.0 Å². The Balaban J connectivity index is 1.94. The molecular formula is C14H17ClO3S. The van der Waals surface area contributed by atoms with Gasteiger partial charge < -0.3 is 9.84 Å². The Morgan fingerprint density at radius 2 is 2.26 bits per heavy atom. The van der Waals surface area contributed by atoms with E-state index in [1.807, 2.05) is 12.1 Å². The quantitative estimate of drug-likeness (QED) is 0.647. The van der Waals surface area contributed by atoms with Gasteiger partial charge in [-0.3, -0.25) is 4.79 Å². The van der Waals surface area contributed by atoms with E-state index >= 15 is 0 Å². The number of carbonyl (C=O) groups is 1. The fourth-order valence-electron chi connectivity index (χ4n) is 1.92. The first-order chi connectivity index (χ1) is 9.08. The molecule has 1 N–H and O–H groups in total. The maximum Gasteiger partial charge on any atom is 0.306 e. The number of thioether (sulfide) groups is 1. The van der Waals surface area contributed by atoms with Crippen LogP contribution in [0.5, 0.6) is 0 Å². The molecule has 0 bridgehead atoms. The highest BCUT2D eigenvalue weighted by molar-refractivity contribution is 7.99. The second-order valence-corrected chi connectivity index (χ2v) is 6.39. The van der Waals surface area contributed by atoms with Gasteiger partial charge in [0, 0.05) is 10.6 Å². The van der Waals surface area contributed by atoms with Crippen molar-refractivity contribution < 1.29 is 14.6 Å². The van der Waals surface area contributed by atoms with Crippen LogP contribution in [-0.4, -0.2) is 23.9 Å². The van der Waals surface area contributed by atoms with Gasteiger partial charge in [0.1, 0.15) is 0 Å². The maximum atomic E-state index is 11.3. The zero-order valence-corrected chi connectivity index (χ0v) is 12.4. The summed E-state index contributed by atoms with van der Waals surface area (Å²) in [5.41, 5.74) is 0.904. The Hall–Kier alpha value is -0.710. The molecule has 104 valence electrons. The third kappa shape index (κ3) is 3.88. The van der Waals surface area contributed by atoms with Gasteiger partial charge in [-0.15, -0.1) is 11.8 Å². The van der Waals surface area contributed by atoms with Crippen LogP contribution in [0.3, 0.4) is 0 Å². The third-order valence-corrected chi connectivity index (χ3v) is 5.27. The fraction of sp³-hybridized carbons (Fsp3) is 0.500. The molecule has 0 amide bonds. The molecule has 0 atom stereocenters. The lowest BCUT2D eigenvalue weighted by Gasteiger charge is -2.13. The third-order valence-electron chi connectivity index (χ3n) is 3.42. The lowest BCUT2D eigenvalue weighted by Crippen LogP contribution is -2.13. The van der Waals surface area contributed by atoms with Crippen LogP contribution in [0, 0.1) is 5.41 Å². The Kier molecular flexibility index (Phi) is 4.76. The van der Waals surface area contributed by atoms with Gasteiger partial charge in [-0.2, -0.15) is 0 Å². The normalized spacial score (nSPS) is 16.2. The molecule has 0 spiro atoms. The number of rotatable bonds is 6. The number of halogens is 1. The predicted octanol–water partition coefficient (Wildman–Crippen LogP) is 3.27. The van der Waals surface area contributed by atoms with Crippen molar-refractivity contribution in [2.45, 2.75) is 30.8 Å². The molecule has 0 saturated heterocycles. The summed E-state index contributed by atoms with van der Waals surface area (Å²) >= 11 is 7.83. The standard InChI is InChI=1S/C14H17ClO3S/c1-18-13(17)7-14(4-5-14)9-19-12-3-2-10(8-16)6-11(12)15/h2-3,6,16H,4-5,7-9H2,1H3. The topological polar surface area (TPSA) is 46.5 Å². The van der Waals surface area contributed by atoms with Crippen LogP contribution in [0.1, 0.15) is 24.8 Å². The van der Waals surface area contributed by atoms with Crippen molar-refractivity contribution in [3.63, 3.8) is 0 Å². The summed E-state index contributed by atoms with van der Waals surface area (Å²) in [5.74, 6) is 0.736. The highest BCUT2D eigenvalue weighted by Gasteiger charge is 2.44. The van der Waals surface area contributed by atoms with Gasteiger partial charge in [0.05, 0.1) is 25.2 Å². The highest BCUT2D eigenvalue weighted by atomic mass is 35.5. The summed E-state index contributed by atoms with van der Waals surface area (Å²) in [5, 5.41) is 9.69. The maximum absolute atomic E-state index is 11.3. The van der Waals surface area contributed by atoms with E-state index in [1.165, 1.54) is 7.11 Å². The van der Waals surface area contributed by atoms with E-state index in [9.17, 15) is 4.79 Å². The van der Waals surface area contributed by atoms with E-state index in [0.29, 0.717) is 11.4 Å². The van der Waals surface area contributed by atoms with Crippen LogP contribution in [0.15, 0.2) is 23.1 Å². The zero-order valence-electron chi connectivity index (χ0n) is 10.8. The average molecular weight is 301 g/mol. The summed E-state index contributed by atoms with van der Waals surface area (Å²) in [6, 6.07) is 5.57. The molecule has 1 aromatic carbocycles. The van der Waals surface area contributed by atoms with E-state index in [0.717, 1.165) is 29.1 Å². The van der Waals surface area contributed by atoms with E-state index < -0.39 is 0 Å². The van der Waals surface area contributed by atoms with E-state index in [-0.39, 0.29) is 18.0 Å². The first-order valence-corrected chi connectivity index (χ1v) is 7.54. The molecule has 0 heterocycles. The Labute approximate surface area is 122 Å². The van der Waals surface area contributed by atoms with Crippen molar-refractivity contribution in [3.05, 3.63) is 28.8 Å². The number of ether oxygens (including phenoxy) is 1. The van der Waals surface area contributed by atoms with Gasteiger partial charge in [0.15, 0.2) is 0 Å². The van der Waals surface area contributed by atoms with Crippen molar-refractivity contribution in [1.82, 2.24) is 0 Å². The number of hydrogen-bond donors (Lipinski definition) is 1. The molecule has 5 heteroatoms. The molecule has 1 fully saturated rings. The zero-order chi connectivity index (χ0) is 13.9. The summed E-state index contributed by atoms with van der Waals surface area (Å²) < 4.78 is 4.73. The summed E-state index contributed by atoms with van der Waals surface area (Å²) in [6.45, 7) is -0.00303. The van der Waals surface area contributed by atoms with Crippen molar-refractivity contribution in [2.24, 2.45) is 5.41 Å².